The highest BCUT2D eigenvalue weighted by Crippen LogP contribution is 2.49. The Morgan fingerprint density at radius 1 is 1.32 bits per heavy atom. The molecule has 2 bridgehead atoms. The molecular formula is C16H28BrNO. The Kier molecular flexibility index (Phi) is 6.18. The van der Waals surface area contributed by atoms with Gasteiger partial charge in [0.05, 0.1) is 0 Å². The maximum atomic E-state index is 12.1. The fraction of sp³-hybridized carbons (Fsp3) is 0.938. The van der Waals surface area contributed by atoms with Gasteiger partial charge in [-0.1, -0.05) is 35.7 Å². The van der Waals surface area contributed by atoms with Crippen LogP contribution in [0.3, 0.4) is 0 Å². The minimum absolute atomic E-state index is 0.299. The molecule has 2 saturated carbocycles. The van der Waals surface area contributed by atoms with Gasteiger partial charge in [0.2, 0.25) is 5.91 Å². The van der Waals surface area contributed by atoms with Crippen molar-refractivity contribution in [1.82, 2.24) is 5.32 Å². The number of alkyl halides is 1. The summed E-state index contributed by atoms with van der Waals surface area (Å²) in [6.45, 7) is 3.09. The van der Waals surface area contributed by atoms with Crippen molar-refractivity contribution < 1.29 is 4.79 Å². The zero-order valence-corrected chi connectivity index (χ0v) is 13.8. The van der Waals surface area contributed by atoms with Gasteiger partial charge in [-0.25, -0.2) is 0 Å². The molecule has 0 aromatic carbocycles. The summed E-state index contributed by atoms with van der Waals surface area (Å²) in [5.41, 5.74) is 0. The number of carbonyl (C=O) groups excluding carboxylic acids is 1. The van der Waals surface area contributed by atoms with E-state index in [2.05, 4.69) is 28.2 Å². The quantitative estimate of drug-likeness (QED) is 0.666. The molecule has 0 aromatic heterocycles. The van der Waals surface area contributed by atoms with Crippen LogP contribution in [-0.4, -0.2) is 17.8 Å². The number of nitrogens with one attached hydrogen (secondary N) is 1. The Balaban J connectivity index is 1.66. The number of rotatable bonds is 8. The normalized spacial score (nSPS) is 30.5. The first-order valence-electron chi connectivity index (χ1n) is 8.05. The van der Waals surface area contributed by atoms with Gasteiger partial charge in [0, 0.05) is 18.3 Å². The van der Waals surface area contributed by atoms with Gasteiger partial charge in [-0.3, -0.25) is 4.79 Å². The van der Waals surface area contributed by atoms with Crippen LogP contribution in [0.5, 0.6) is 0 Å². The summed E-state index contributed by atoms with van der Waals surface area (Å²) in [6, 6.07) is 0. The number of halogens is 1. The fourth-order valence-electron chi connectivity index (χ4n) is 4.11. The maximum Gasteiger partial charge on any atom is 0.220 e. The van der Waals surface area contributed by atoms with Gasteiger partial charge in [0.15, 0.2) is 0 Å². The van der Waals surface area contributed by atoms with E-state index in [0.29, 0.717) is 17.7 Å². The Labute approximate surface area is 126 Å². The Morgan fingerprint density at radius 2 is 2.16 bits per heavy atom. The highest BCUT2D eigenvalue weighted by Gasteiger charge is 2.40. The maximum absolute atomic E-state index is 12.1. The van der Waals surface area contributed by atoms with E-state index in [1.807, 2.05) is 0 Å². The minimum atomic E-state index is 0.299. The van der Waals surface area contributed by atoms with E-state index in [1.54, 1.807) is 0 Å². The summed E-state index contributed by atoms with van der Waals surface area (Å²) in [7, 11) is 0. The Hall–Kier alpha value is -0.0500. The average molecular weight is 330 g/mol. The molecule has 4 atom stereocenters. The number of fused-ring (bicyclic) bond motifs is 2. The second-order valence-electron chi connectivity index (χ2n) is 6.58. The number of amides is 1. The second-order valence-corrected chi connectivity index (χ2v) is 7.37. The van der Waals surface area contributed by atoms with Crippen LogP contribution in [0.4, 0.5) is 0 Å². The lowest BCUT2D eigenvalue weighted by Crippen LogP contribution is -2.31. The molecule has 2 rings (SSSR count). The molecule has 1 amide bonds. The summed E-state index contributed by atoms with van der Waals surface area (Å²) >= 11 is 3.51. The van der Waals surface area contributed by atoms with Gasteiger partial charge in [0.25, 0.3) is 0 Å². The van der Waals surface area contributed by atoms with Gasteiger partial charge < -0.3 is 5.32 Å². The van der Waals surface area contributed by atoms with Crippen LogP contribution in [-0.2, 0) is 4.79 Å². The lowest BCUT2D eigenvalue weighted by Gasteiger charge is -2.22. The lowest BCUT2D eigenvalue weighted by molar-refractivity contribution is -0.122. The van der Waals surface area contributed by atoms with Crippen molar-refractivity contribution in [1.29, 1.82) is 0 Å². The van der Waals surface area contributed by atoms with Crippen LogP contribution in [0, 0.1) is 23.7 Å². The standard InChI is InChI=1S/C16H28BrNO/c1-2-3-12(6-7-17)11-18-16(19)10-15-9-13-4-5-14(15)8-13/h12-15H,2-11H2,1H3,(H,18,19). The highest BCUT2D eigenvalue weighted by atomic mass is 79.9. The summed E-state index contributed by atoms with van der Waals surface area (Å²) < 4.78 is 0. The van der Waals surface area contributed by atoms with Gasteiger partial charge in [-0.15, -0.1) is 0 Å². The van der Waals surface area contributed by atoms with Crippen molar-refractivity contribution in [2.24, 2.45) is 23.7 Å². The molecule has 0 spiro atoms. The number of hydrogen-bond donors (Lipinski definition) is 1. The number of carbonyl (C=O) groups is 1. The van der Waals surface area contributed by atoms with Crippen molar-refractivity contribution in [2.45, 2.75) is 58.3 Å². The van der Waals surface area contributed by atoms with Crippen molar-refractivity contribution in [2.75, 3.05) is 11.9 Å². The minimum Gasteiger partial charge on any atom is -0.356 e. The van der Waals surface area contributed by atoms with Crippen LogP contribution >= 0.6 is 15.9 Å². The van der Waals surface area contributed by atoms with E-state index < -0.39 is 0 Å². The first kappa shape index (κ1) is 15.3. The van der Waals surface area contributed by atoms with Gasteiger partial charge in [-0.2, -0.15) is 0 Å². The molecule has 2 aliphatic carbocycles. The monoisotopic (exact) mass is 329 g/mol. The summed E-state index contributed by atoms with van der Waals surface area (Å²) in [4.78, 5) is 12.1. The molecule has 2 fully saturated rings. The van der Waals surface area contributed by atoms with E-state index in [-0.39, 0.29) is 0 Å². The van der Waals surface area contributed by atoms with E-state index >= 15 is 0 Å². The van der Waals surface area contributed by atoms with Crippen LogP contribution < -0.4 is 5.32 Å². The van der Waals surface area contributed by atoms with Crippen molar-refractivity contribution in [3.05, 3.63) is 0 Å². The summed E-state index contributed by atoms with van der Waals surface area (Å²) in [6.07, 6.45) is 9.91. The lowest BCUT2D eigenvalue weighted by atomic mass is 9.86. The molecule has 0 aromatic rings. The molecule has 0 radical (unpaired) electrons. The summed E-state index contributed by atoms with van der Waals surface area (Å²) in [5.74, 6) is 3.45. The van der Waals surface area contributed by atoms with Gasteiger partial charge in [-0.05, 0) is 55.8 Å². The summed E-state index contributed by atoms with van der Waals surface area (Å²) in [5, 5.41) is 4.22. The van der Waals surface area contributed by atoms with E-state index in [1.165, 1.54) is 44.9 Å². The molecule has 4 unspecified atom stereocenters. The first-order chi connectivity index (χ1) is 9.22. The van der Waals surface area contributed by atoms with E-state index in [9.17, 15) is 4.79 Å². The van der Waals surface area contributed by atoms with Crippen LogP contribution in [0.25, 0.3) is 0 Å². The van der Waals surface area contributed by atoms with Gasteiger partial charge in [0.1, 0.15) is 0 Å². The van der Waals surface area contributed by atoms with Gasteiger partial charge >= 0.3 is 0 Å². The third kappa shape index (κ3) is 4.47. The highest BCUT2D eigenvalue weighted by molar-refractivity contribution is 9.09. The van der Waals surface area contributed by atoms with Crippen molar-refractivity contribution >= 4 is 21.8 Å². The molecule has 1 N–H and O–H groups in total. The molecule has 19 heavy (non-hydrogen) atoms. The molecule has 0 saturated heterocycles. The molecular weight excluding hydrogens is 302 g/mol. The van der Waals surface area contributed by atoms with Crippen LogP contribution in [0.1, 0.15) is 58.3 Å². The fourth-order valence-corrected chi connectivity index (χ4v) is 4.75. The molecule has 3 heteroatoms. The molecule has 2 nitrogen and oxygen atoms in total. The third-order valence-corrected chi connectivity index (χ3v) is 5.59. The number of hydrogen-bond acceptors (Lipinski definition) is 1. The van der Waals surface area contributed by atoms with Crippen LogP contribution in [0.2, 0.25) is 0 Å². The largest absolute Gasteiger partial charge is 0.356 e. The molecule has 0 aliphatic heterocycles. The van der Waals surface area contributed by atoms with E-state index in [0.717, 1.165) is 30.1 Å². The Bertz CT molecular complexity index is 288. The van der Waals surface area contributed by atoms with E-state index in [4.69, 9.17) is 0 Å². The first-order valence-corrected chi connectivity index (χ1v) is 9.17. The van der Waals surface area contributed by atoms with Crippen molar-refractivity contribution in [3.63, 3.8) is 0 Å². The van der Waals surface area contributed by atoms with Crippen LogP contribution in [0.15, 0.2) is 0 Å². The average Bonchev–Trinajstić information content (AvgIpc) is 2.99. The molecule has 2 aliphatic rings. The zero-order valence-electron chi connectivity index (χ0n) is 12.2. The molecule has 110 valence electrons. The smallest absolute Gasteiger partial charge is 0.220 e. The molecule has 0 heterocycles. The topological polar surface area (TPSA) is 29.1 Å². The SMILES string of the molecule is CCCC(CCBr)CNC(=O)CC1CC2CCC1C2. The van der Waals surface area contributed by atoms with Crippen molar-refractivity contribution in [3.8, 4) is 0 Å². The Morgan fingerprint density at radius 3 is 2.74 bits per heavy atom. The predicted octanol–water partition coefficient (Wildman–Crippen LogP) is 4.13. The third-order valence-electron chi connectivity index (χ3n) is 5.13. The second kappa shape index (κ2) is 7.66. The zero-order chi connectivity index (χ0) is 13.7. The predicted molar refractivity (Wildman–Crippen MR) is 83.4 cm³/mol.